The lowest BCUT2D eigenvalue weighted by atomic mass is 9.82. The van der Waals surface area contributed by atoms with Crippen molar-refractivity contribution in [3.63, 3.8) is 0 Å². The minimum Gasteiger partial charge on any atom is -0.305 e. The fourth-order valence-corrected chi connectivity index (χ4v) is 3.85. The first kappa shape index (κ1) is 14.4. The number of hydrogen-bond acceptors (Lipinski definition) is 2. The Morgan fingerprint density at radius 3 is 2.30 bits per heavy atom. The molecule has 2 unspecified atom stereocenters. The van der Waals surface area contributed by atoms with Gasteiger partial charge in [0.2, 0.25) is 0 Å². The molecule has 3 fully saturated rings. The van der Waals surface area contributed by atoms with Crippen molar-refractivity contribution in [3.05, 3.63) is 34.9 Å². The van der Waals surface area contributed by atoms with Gasteiger partial charge in [0.05, 0.1) is 0 Å². The Morgan fingerprint density at radius 1 is 1.15 bits per heavy atom. The van der Waals surface area contributed by atoms with Crippen LogP contribution in [0, 0.1) is 11.8 Å². The molecule has 3 heterocycles. The van der Waals surface area contributed by atoms with Crippen molar-refractivity contribution in [2.75, 3.05) is 19.6 Å². The zero-order chi connectivity index (χ0) is 14.1. The van der Waals surface area contributed by atoms with Gasteiger partial charge in [-0.1, -0.05) is 37.6 Å². The second-order valence-electron chi connectivity index (χ2n) is 6.68. The summed E-state index contributed by atoms with van der Waals surface area (Å²) in [6.07, 6.45) is 2.73. The largest absolute Gasteiger partial charge is 0.305 e. The van der Waals surface area contributed by atoms with Crippen molar-refractivity contribution in [1.29, 1.82) is 0 Å². The predicted molar refractivity (Wildman–Crippen MR) is 85.1 cm³/mol. The molecule has 2 nitrogen and oxygen atoms in total. The molecule has 0 radical (unpaired) electrons. The Morgan fingerprint density at radius 2 is 1.80 bits per heavy atom. The number of fused-ring (bicyclic) bond motifs is 3. The average Bonchev–Trinajstić information content (AvgIpc) is 2.47. The summed E-state index contributed by atoms with van der Waals surface area (Å²) < 4.78 is 0. The Hall–Kier alpha value is -0.570. The van der Waals surface area contributed by atoms with E-state index in [1.807, 2.05) is 12.1 Å². The Balaban J connectivity index is 1.73. The molecule has 2 bridgehead atoms. The Kier molecular flexibility index (Phi) is 4.34. The first-order chi connectivity index (χ1) is 9.63. The highest BCUT2D eigenvalue weighted by molar-refractivity contribution is 6.30. The van der Waals surface area contributed by atoms with Crippen molar-refractivity contribution in [3.8, 4) is 0 Å². The summed E-state index contributed by atoms with van der Waals surface area (Å²) in [5.41, 5.74) is 1.36. The van der Waals surface area contributed by atoms with Crippen molar-refractivity contribution in [1.82, 2.24) is 10.2 Å². The van der Waals surface area contributed by atoms with Gasteiger partial charge in [0, 0.05) is 23.7 Å². The number of benzene rings is 1. The van der Waals surface area contributed by atoms with Crippen molar-refractivity contribution in [2.45, 2.75) is 38.8 Å². The molecule has 1 aromatic rings. The third kappa shape index (κ3) is 3.03. The van der Waals surface area contributed by atoms with E-state index >= 15 is 0 Å². The first-order valence-corrected chi connectivity index (χ1v) is 8.25. The Labute approximate surface area is 127 Å². The maximum absolute atomic E-state index is 6.01. The van der Waals surface area contributed by atoms with Crippen LogP contribution in [0.25, 0.3) is 0 Å². The van der Waals surface area contributed by atoms with Crippen LogP contribution in [0.2, 0.25) is 5.02 Å². The fourth-order valence-electron chi connectivity index (χ4n) is 3.73. The molecule has 4 rings (SSSR count). The van der Waals surface area contributed by atoms with E-state index in [0.717, 1.165) is 10.9 Å². The van der Waals surface area contributed by atoms with Crippen LogP contribution < -0.4 is 5.32 Å². The molecule has 1 N–H and O–H groups in total. The van der Waals surface area contributed by atoms with Gasteiger partial charge in [0.15, 0.2) is 0 Å². The van der Waals surface area contributed by atoms with Gasteiger partial charge in [-0.15, -0.1) is 0 Å². The van der Waals surface area contributed by atoms with E-state index in [0.29, 0.717) is 18.0 Å². The minimum absolute atomic E-state index is 0.429. The third-order valence-electron chi connectivity index (χ3n) is 4.95. The molecule has 0 saturated carbocycles. The standard InChI is InChI=1S/C17H25ClN2/c1-12(2)17(14-3-5-15(18)6-4-14)19-16-11-20-9-7-13(16)8-10-20/h3-6,12-13,16-17,19H,7-11H2,1-2H3. The Bertz CT molecular complexity index is 435. The summed E-state index contributed by atoms with van der Waals surface area (Å²) in [6.45, 7) is 8.43. The van der Waals surface area contributed by atoms with E-state index in [1.54, 1.807) is 0 Å². The first-order valence-electron chi connectivity index (χ1n) is 7.87. The van der Waals surface area contributed by atoms with E-state index < -0.39 is 0 Å². The predicted octanol–water partition coefficient (Wildman–Crippen LogP) is 3.72. The van der Waals surface area contributed by atoms with E-state index in [-0.39, 0.29) is 0 Å². The van der Waals surface area contributed by atoms with Gasteiger partial charge in [-0.3, -0.25) is 0 Å². The minimum atomic E-state index is 0.429. The second kappa shape index (κ2) is 6.05. The smallest absolute Gasteiger partial charge is 0.0406 e. The SMILES string of the molecule is CC(C)C(NC1CN2CCC1CC2)c1ccc(Cl)cc1. The zero-order valence-corrected chi connectivity index (χ0v) is 13.2. The number of hydrogen-bond donors (Lipinski definition) is 1. The number of halogens is 1. The van der Waals surface area contributed by atoms with Crippen LogP contribution in [-0.4, -0.2) is 30.6 Å². The van der Waals surface area contributed by atoms with E-state index in [2.05, 4.69) is 36.2 Å². The molecule has 110 valence electrons. The van der Waals surface area contributed by atoms with Gasteiger partial charge in [0.25, 0.3) is 0 Å². The van der Waals surface area contributed by atoms with Crippen molar-refractivity contribution >= 4 is 11.6 Å². The number of piperidine rings is 3. The molecular formula is C17H25ClN2. The van der Waals surface area contributed by atoms with Crippen molar-refractivity contribution in [2.24, 2.45) is 11.8 Å². The third-order valence-corrected chi connectivity index (χ3v) is 5.20. The monoisotopic (exact) mass is 292 g/mol. The summed E-state index contributed by atoms with van der Waals surface area (Å²) in [5, 5.41) is 4.76. The van der Waals surface area contributed by atoms with Crippen molar-refractivity contribution < 1.29 is 0 Å². The highest BCUT2D eigenvalue weighted by Crippen LogP contribution is 2.31. The number of rotatable bonds is 4. The molecule has 3 aliphatic rings. The molecule has 0 amide bonds. The number of nitrogens with zero attached hydrogens (tertiary/aromatic N) is 1. The normalized spacial score (nSPS) is 30.7. The summed E-state index contributed by atoms with van der Waals surface area (Å²) in [6, 6.07) is 9.43. The maximum Gasteiger partial charge on any atom is 0.0406 e. The van der Waals surface area contributed by atoms with Gasteiger partial charge >= 0.3 is 0 Å². The van der Waals surface area contributed by atoms with Crippen LogP contribution in [0.5, 0.6) is 0 Å². The lowest BCUT2D eigenvalue weighted by Gasteiger charge is -2.46. The zero-order valence-electron chi connectivity index (χ0n) is 12.5. The summed E-state index contributed by atoms with van der Waals surface area (Å²) in [4.78, 5) is 2.61. The highest BCUT2D eigenvalue weighted by Gasteiger charge is 2.35. The summed E-state index contributed by atoms with van der Waals surface area (Å²) in [5.74, 6) is 1.46. The van der Waals surface area contributed by atoms with Gasteiger partial charge in [-0.2, -0.15) is 0 Å². The molecule has 0 spiro atoms. The van der Waals surface area contributed by atoms with Crippen LogP contribution >= 0.6 is 11.6 Å². The second-order valence-corrected chi connectivity index (χ2v) is 7.12. The highest BCUT2D eigenvalue weighted by atomic mass is 35.5. The van der Waals surface area contributed by atoms with Gasteiger partial charge < -0.3 is 10.2 Å². The van der Waals surface area contributed by atoms with Crippen LogP contribution in [0.1, 0.15) is 38.3 Å². The van der Waals surface area contributed by atoms with E-state index in [9.17, 15) is 0 Å². The summed E-state index contributed by atoms with van der Waals surface area (Å²) in [7, 11) is 0. The van der Waals surface area contributed by atoms with E-state index in [4.69, 9.17) is 11.6 Å². The van der Waals surface area contributed by atoms with Gasteiger partial charge in [-0.25, -0.2) is 0 Å². The molecule has 3 aliphatic heterocycles. The van der Waals surface area contributed by atoms with Crippen LogP contribution in [0.4, 0.5) is 0 Å². The molecular weight excluding hydrogens is 268 g/mol. The lowest BCUT2D eigenvalue weighted by molar-refractivity contribution is 0.0635. The van der Waals surface area contributed by atoms with Gasteiger partial charge in [0.1, 0.15) is 0 Å². The summed E-state index contributed by atoms with van der Waals surface area (Å²) >= 11 is 6.01. The maximum atomic E-state index is 6.01. The molecule has 20 heavy (non-hydrogen) atoms. The lowest BCUT2D eigenvalue weighted by Crippen LogP contribution is -2.57. The molecule has 2 atom stereocenters. The van der Waals surface area contributed by atoms with Crippen LogP contribution in [0.3, 0.4) is 0 Å². The molecule has 0 aromatic heterocycles. The van der Waals surface area contributed by atoms with E-state index in [1.165, 1.54) is 38.0 Å². The quantitative estimate of drug-likeness (QED) is 0.910. The number of nitrogens with one attached hydrogen (secondary N) is 1. The molecule has 0 aliphatic carbocycles. The molecule has 3 saturated heterocycles. The molecule has 3 heteroatoms. The van der Waals surface area contributed by atoms with Gasteiger partial charge in [-0.05, 0) is 55.5 Å². The van der Waals surface area contributed by atoms with Crippen LogP contribution in [0.15, 0.2) is 24.3 Å². The van der Waals surface area contributed by atoms with Crippen LogP contribution in [-0.2, 0) is 0 Å². The molecule has 1 aromatic carbocycles. The average molecular weight is 293 g/mol. The fraction of sp³-hybridized carbons (Fsp3) is 0.647. The topological polar surface area (TPSA) is 15.3 Å².